The smallest absolute Gasteiger partial charge is 0.247 e. The van der Waals surface area contributed by atoms with Crippen LogP contribution in [0.3, 0.4) is 0 Å². The number of aryl methyl sites for hydroxylation is 1. The van der Waals surface area contributed by atoms with Crippen molar-refractivity contribution in [3.8, 4) is 16.9 Å². The number of carbonyl (C=O) groups is 1. The first-order valence-electron chi connectivity index (χ1n) is 12.7. The number of rotatable bonds is 7. The molecule has 3 aromatic carbocycles. The predicted molar refractivity (Wildman–Crippen MR) is 152 cm³/mol. The van der Waals surface area contributed by atoms with Crippen molar-refractivity contribution in [1.82, 2.24) is 14.6 Å². The molecular weight excluding hydrogens is 547 g/mol. The monoisotopic (exact) mass is 572 g/mol. The topological polar surface area (TPSA) is 141 Å². The zero-order valence-corrected chi connectivity index (χ0v) is 22.7. The largest absolute Gasteiger partial charge is 0.495 e. The molecule has 3 heterocycles. The lowest BCUT2D eigenvalue weighted by Crippen LogP contribution is -2.27. The van der Waals surface area contributed by atoms with Gasteiger partial charge in [0.05, 0.1) is 23.4 Å². The molecule has 0 fully saturated rings. The molecule has 1 aliphatic heterocycles. The summed E-state index contributed by atoms with van der Waals surface area (Å²) < 4.78 is 44.8. The number of methoxy groups -OCH3 is 1. The highest BCUT2D eigenvalue weighted by Crippen LogP contribution is 2.36. The Balaban J connectivity index is 1.18. The zero-order valence-electron chi connectivity index (χ0n) is 21.8. The van der Waals surface area contributed by atoms with Crippen LogP contribution in [-0.4, -0.2) is 41.8 Å². The molecule has 0 saturated heterocycles. The van der Waals surface area contributed by atoms with Crippen molar-refractivity contribution < 1.29 is 22.3 Å². The lowest BCUT2D eigenvalue weighted by Gasteiger charge is -2.13. The van der Waals surface area contributed by atoms with Crippen molar-refractivity contribution in [2.45, 2.75) is 17.4 Å². The van der Waals surface area contributed by atoms with Crippen LogP contribution in [0.2, 0.25) is 0 Å². The molecule has 1 unspecified atom stereocenters. The Hall–Kier alpha value is -4.81. The standard InChI is InChI=1S/C29H25FN6O4S/c1-40-24-15-25-19(12-13-41(25,38)39)14-23(24)33-29-34-26-11-6-20(16-36(26)35-29)17-4-9-22(10-5-17)32-28(37)27(31)18-2-7-21(30)8-3-18/h2-11,14-16,27H,12-13,31H2,1H3,(H,32,37)(H,33,35). The van der Waals surface area contributed by atoms with Gasteiger partial charge in [-0.05, 0) is 65.6 Å². The number of ether oxygens (including phenoxy) is 1. The van der Waals surface area contributed by atoms with Crippen LogP contribution in [0.5, 0.6) is 5.75 Å². The first-order chi connectivity index (χ1) is 19.7. The summed E-state index contributed by atoms with van der Waals surface area (Å²) >= 11 is 0. The first-order valence-corrected chi connectivity index (χ1v) is 14.3. The molecule has 0 spiro atoms. The van der Waals surface area contributed by atoms with Gasteiger partial charge in [0, 0.05) is 23.5 Å². The molecule has 4 N–H and O–H groups in total. The molecule has 0 aliphatic carbocycles. The molecule has 0 saturated carbocycles. The van der Waals surface area contributed by atoms with Crippen molar-refractivity contribution in [3.05, 3.63) is 95.9 Å². The van der Waals surface area contributed by atoms with Crippen molar-refractivity contribution in [2.24, 2.45) is 5.73 Å². The zero-order chi connectivity index (χ0) is 28.7. The maximum Gasteiger partial charge on any atom is 0.247 e. The van der Waals surface area contributed by atoms with Gasteiger partial charge in [-0.15, -0.1) is 5.10 Å². The Morgan fingerprint density at radius 2 is 1.78 bits per heavy atom. The van der Waals surface area contributed by atoms with Gasteiger partial charge in [0.1, 0.15) is 17.6 Å². The SMILES string of the molecule is COc1cc2c(cc1Nc1nc3ccc(-c4ccc(NC(=O)C(N)c5ccc(F)cc5)cc4)cn3n1)CCS2(=O)=O. The van der Waals surface area contributed by atoms with Crippen LogP contribution < -0.4 is 21.1 Å². The van der Waals surface area contributed by atoms with Gasteiger partial charge >= 0.3 is 0 Å². The molecule has 2 aromatic heterocycles. The molecule has 5 aromatic rings. The fourth-order valence-corrected chi connectivity index (χ4v) is 6.28. The van der Waals surface area contributed by atoms with Crippen LogP contribution in [0.1, 0.15) is 17.2 Å². The minimum atomic E-state index is -3.29. The van der Waals surface area contributed by atoms with E-state index in [9.17, 15) is 17.6 Å². The molecule has 0 bridgehead atoms. The normalized spacial score (nSPS) is 14.4. The van der Waals surface area contributed by atoms with E-state index in [1.165, 1.54) is 37.4 Å². The summed E-state index contributed by atoms with van der Waals surface area (Å²) in [4.78, 5) is 17.4. The number of nitrogens with two attached hydrogens (primary N) is 1. The summed E-state index contributed by atoms with van der Waals surface area (Å²) in [6.45, 7) is 0. The van der Waals surface area contributed by atoms with E-state index in [-0.39, 0.29) is 5.75 Å². The lowest BCUT2D eigenvalue weighted by atomic mass is 10.1. The van der Waals surface area contributed by atoms with E-state index in [1.807, 2.05) is 30.5 Å². The third-order valence-electron chi connectivity index (χ3n) is 6.93. The quantitative estimate of drug-likeness (QED) is 0.263. The number of hydrogen-bond donors (Lipinski definition) is 3. The van der Waals surface area contributed by atoms with E-state index >= 15 is 0 Å². The van der Waals surface area contributed by atoms with Crippen LogP contribution in [0.15, 0.2) is 83.9 Å². The second kappa shape index (κ2) is 10.3. The summed E-state index contributed by atoms with van der Waals surface area (Å²) in [5.74, 6) is 0.0000600. The molecule has 10 nitrogen and oxygen atoms in total. The highest BCUT2D eigenvalue weighted by atomic mass is 32.2. The van der Waals surface area contributed by atoms with Crippen molar-refractivity contribution >= 4 is 38.7 Å². The van der Waals surface area contributed by atoms with Crippen LogP contribution in [-0.2, 0) is 21.1 Å². The molecule has 1 amide bonds. The van der Waals surface area contributed by atoms with Crippen molar-refractivity contribution in [1.29, 1.82) is 0 Å². The Morgan fingerprint density at radius 3 is 2.51 bits per heavy atom. The van der Waals surface area contributed by atoms with Gasteiger partial charge in [-0.25, -0.2) is 17.3 Å². The number of benzene rings is 3. The fraction of sp³-hybridized carbons (Fsp3) is 0.138. The molecular formula is C29H25FN6O4S. The third kappa shape index (κ3) is 5.22. The highest BCUT2D eigenvalue weighted by Gasteiger charge is 2.28. The molecule has 12 heteroatoms. The molecule has 1 atom stereocenters. The Kier molecular flexibility index (Phi) is 6.64. The summed E-state index contributed by atoms with van der Waals surface area (Å²) in [6.07, 6.45) is 2.28. The number of pyridine rings is 1. The average molecular weight is 573 g/mol. The Morgan fingerprint density at radius 1 is 1.05 bits per heavy atom. The van der Waals surface area contributed by atoms with E-state index in [2.05, 4.69) is 20.7 Å². The lowest BCUT2D eigenvalue weighted by molar-refractivity contribution is -0.117. The summed E-state index contributed by atoms with van der Waals surface area (Å²) in [6, 6.07) is 18.9. The van der Waals surface area contributed by atoms with Gasteiger partial charge in [-0.3, -0.25) is 4.79 Å². The fourth-order valence-electron chi connectivity index (χ4n) is 4.73. The molecule has 208 valence electrons. The van der Waals surface area contributed by atoms with E-state index in [4.69, 9.17) is 10.5 Å². The first kappa shape index (κ1) is 26.4. The van der Waals surface area contributed by atoms with E-state index in [1.54, 1.807) is 22.7 Å². The van der Waals surface area contributed by atoms with Crippen LogP contribution in [0.4, 0.5) is 21.7 Å². The number of sulfone groups is 1. The minimum absolute atomic E-state index is 0.0845. The van der Waals surface area contributed by atoms with Gasteiger partial charge in [0.25, 0.3) is 0 Å². The van der Waals surface area contributed by atoms with Crippen LogP contribution >= 0.6 is 0 Å². The molecule has 41 heavy (non-hydrogen) atoms. The van der Waals surface area contributed by atoms with Gasteiger partial charge in [0.2, 0.25) is 11.9 Å². The summed E-state index contributed by atoms with van der Waals surface area (Å²) in [5.41, 5.74) is 10.8. The number of amides is 1. The number of carbonyl (C=O) groups excluding carboxylic acids is 1. The second-order valence-electron chi connectivity index (χ2n) is 9.61. The van der Waals surface area contributed by atoms with Crippen LogP contribution in [0.25, 0.3) is 16.8 Å². The third-order valence-corrected chi connectivity index (χ3v) is 8.72. The number of aromatic nitrogens is 3. The Bertz CT molecular complexity index is 1890. The molecule has 0 radical (unpaired) electrons. The van der Waals surface area contributed by atoms with E-state index in [0.29, 0.717) is 45.6 Å². The number of nitrogens with one attached hydrogen (secondary N) is 2. The number of fused-ring (bicyclic) bond motifs is 2. The van der Waals surface area contributed by atoms with Gasteiger partial charge in [0.15, 0.2) is 15.5 Å². The summed E-state index contributed by atoms with van der Waals surface area (Å²) in [7, 11) is -1.81. The maximum atomic E-state index is 13.2. The molecule has 1 aliphatic rings. The number of anilines is 3. The predicted octanol–water partition coefficient (Wildman–Crippen LogP) is 4.26. The van der Waals surface area contributed by atoms with Gasteiger partial charge in [-0.1, -0.05) is 24.3 Å². The number of nitrogens with zero attached hydrogens (tertiary/aromatic N) is 3. The van der Waals surface area contributed by atoms with Gasteiger partial charge in [-0.2, -0.15) is 4.98 Å². The van der Waals surface area contributed by atoms with Crippen LogP contribution in [0, 0.1) is 5.82 Å². The van der Waals surface area contributed by atoms with Gasteiger partial charge < -0.3 is 21.1 Å². The van der Waals surface area contributed by atoms with Crippen molar-refractivity contribution in [3.63, 3.8) is 0 Å². The highest BCUT2D eigenvalue weighted by molar-refractivity contribution is 7.91. The minimum Gasteiger partial charge on any atom is -0.495 e. The second-order valence-corrected chi connectivity index (χ2v) is 11.7. The number of halogens is 1. The Labute approximate surface area is 234 Å². The number of hydrogen-bond acceptors (Lipinski definition) is 8. The average Bonchev–Trinajstić information content (AvgIpc) is 3.51. The van der Waals surface area contributed by atoms with E-state index in [0.717, 1.165) is 16.7 Å². The maximum absolute atomic E-state index is 13.2. The summed E-state index contributed by atoms with van der Waals surface area (Å²) in [5, 5.41) is 10.5. The van der Waals surface area contributed by atoms with Crippen molar-refractivity contribution in [2.75, 3.05) is 23.5 Å². The van der Waals surface area contributed by atoms with E-state index < -0.39 is 27.6 Å². The molecule has 6 rings (SSSR count).